The lowest BCUT2D eigenvalue weighted by Gasteiger charge is -2.18. The number of para-hydroxylation sites is 2. The van der Waals surface area contributed by atoms with Crippen molar-refractivity contribution in [2.75, 3.05) is 21.3 Å². The summed E-state index contributed by atoms with van der Waals surface area (Å²) in [4.78, 5) is 38.5. The molecule has 0 radical (unpaired) electrons. The van der Waals surface area contributed by atoms with Gasteiger partial charge in [0.2, 0.25) is 0 Å². The first kappa shape index (κ1) is 22.7. The first-order valence-corrected chi connectivity index (χ1v) is 10.0. The van der Waals surface area contributed by atoms with Crippen LogP contribution in [0.15, 0.2) is 72.8 Å². The van der Waals surface area contributed by atoms with Crippen LogP contribution in [-0.4, -0.2) is 38.9 Å². The van der Waals surface area contributed by atoms with E-state index in [4.69, 9.17) is 14.2 Å². The second-order valence-electron chi connectivity index (χ2n) is 7.06. The zero-order chi connectivity index (χ0) is 23.1. The summed E-state index contributed by atoms with van der Waals surface area (Å²) in [7, 11) is 4.29. The summed E-state index contributed by atoms with van der Waals surface area (Å²) in [5.41, 5.74) is 1.75. The molecular weight excluding hydrogens is 408 g/mol. The lowest BCUT2D eigenvalue weighted by molar-refractivity contribution is 0.0600. The van der Waals surface area contributed by atoms with E-state index in [0.717, 1.165) is 0 Å². The van der Waals surface area contributed by atoms with Gasteiger partial charge in [-0.25, -0.2) is 4.79 Å². The Labute approximate surface area is 186 Å². The molecule has 3 rings (SSSR count). The minimum Gasteiger partial charge on any atom is -0.496 e. The number of benzene rings is 3. The summed E-state index contributed by atoms with van der Waals surface area (Å²) in [5.74, 6) is -0.866. The third kappa shape index (κ3) is 4.86. The third-order valence-electron chi connectivity index (χ3n) is 5.22. The average molecular weight is 432 g/mol. The standard InChI is InChI=1S/C26H24O6/c1-30-23-10-6-4-8-19(23)22(27)16-21(17-12-14-18(15-13-17)26(29)32-3)25(28)20-9-5-7-11-24(20)31-2/h4-15,21H,16H2,1-3H3. The van der Waals surface area contributed by atoms with Crippen LogP contribution in [0.2, 0.25) is 0 Å². The maximum absolute atomic E-state index is 13.6. The highest BCUT2D eigenvalue weighted by atomic mass is 16.5. The second kappa shape index (κ2) is 10.4. The van der Waals surface area contributed by atoms with Crippen molar-refractivity contribution in [3.63, 3.8) is 0 Å². The largest absolute Gasteiger partial charge is 0.496 e. The van der Waals surface area contributed by atoms with Crippen LogP contribution in [-0.2, 0) is 4.74 Å². The maximum Gasteiger partial charge on any atom is 0.337 e. The van der Waals surface area contributed by atoms with Gasteiger partial charge in [-0.3, -0.25) is 9.59 Å². The summed E-state index contributed by atoms with van der Waals surface area (Å²) in [6, 6.07) is 20.3. The summed E-state index contributed by atoms with van der Waals surface area (Å²) in [5, 5.41) is 0. The molecular formula is C26H24O6. The van der Waals surface area contributed by atoms with Crippen LogP contribution in [0.3, 0.4) is 0 Å². The van der Waals surface area contributed by atoms with Crippen LogP contribution in [0.1, 0.15) is 49.0 Å². The summed E-state index contributed by atoms with van der Waals surface area (Å²) in [6.07, 6.45) is -0.0746. The molecule has 0 aromatic heterocycles. The zero-order valence-electron chi connectivity index (χ0n) is 18.2. The van der Waals surface area contributed by atoms with Gasteiger partial charge in [0.15, 0.2) is 11.6 Å². The van der Waals surface area contributed by atoms with E-state index in [9.17, 15) is 14.4 Å². The summed E-state index contributed by atoms with van der Waals surface area (Å²) < 4.78 is 15.4. The third-order valence-corrected chi connectivity index (χ3v) is 5.22. The molecule has 3 aromatic rings. The monoisotopic (exact) mass is 432 g/mol. The van der Waals surface area contributed by atoms with Crippen molar-refractivity contribution in [2.45, 2.75) is 12.3 Å². The van der Waals surface area contributed by atoms with Gasteiger partial charge in [0, 0.05) is 6.42 Å². The molecule has 0 saturated heterocycles. The highest BCUT2D eigenvalue weighted by molar-refractivity contribution is 6.08. The molecule has 0 spiro atoms. The van der Waals surface area contributed by atoms with Crippen LogP contribution in [0.5, 0.6) is 11.5 Å². The van der Waals surface area contributed by atoms with Gasteiger partial charge in [-0.1, -0.05) is 36.4 Å². The van der Waals surface area contributed by atoms with E-state index in [1.165, 1.54) is 21.3 Å². The number of ether oxygens (including phenoxy) is 3. The highest BCUT2D eigenvalue weighted by Crippen LogP contribution is 2.31. The van der Waals surface area contributed by atoms with E-state index < -0.39 is 11.9 Å². The van der Waals surface area contributed by atoms with Crippen molar-refractivity contribution in [2.24, 2.45) is 0 Å². The van der Waals surface area contributed by atoms with Crippen molar-refractivity contribution < 1.29 is 28.6 Å². The van der Waals surface area contributed by atoms with Gasteiger partial charge in [-0.2, -0.15) is 0 Å². The topological polar surface area (TPSA) is 78.9 Å². The molecule has 0 N–H and O–H groups in total. The molecule has 0 heterocycles. The molecule has 164 valence electrons. The predicted octanol–water partition coefficient (Wildman–Crippen LogP) is 4.73. The Hall–Kier alpha value is -3.93. The number of methoxy groups -OCH3 is 3. The fourth-order valence-corrected chi connectivity index (χ4v) is 3.54. The van der Waals surface area contributed by atoms with E-state index in [-0.39, 0.29) is 18.0 Å². The van der Waals surface area contributed by atoms with Gasteiger partial charge >= 0.3 is 5.97 Å². The van der Waals surface area contributed by atoms with E-state index in [1.807, 2.05) is 0 Å². The zero-order valence-corrected chi connectivity index (χ0v) is 18.2. The molecule has 0 amide bonds. The summed E-state index contributed by atoms with van der Waals surface area (Å²) in [6.45, 7) is 0. The Morgan fingerprint density at radius 3 is 1.81 bits per heavy atom. The van der Waals surface area contributed by atoms with Crippen molar-refractivity contribution in [3.05, 3.63) is 95.1 Å². The number of rotatable bonds is 9. The number of Topliss-reactive ketones (excluding diaryl/α,β-unsaturated/α-hetero) is 2. The molecule has 3 aromatic carbocycles. The maximum atomic E-state index is 13.6. The average Bonchev–Trinajstić information content (AvgIpc) is 2.86. The van der Waals surface area contributed by atoms with Crippen LogP contribution in [0, 0.1) is 0 Å². The summed E-state index contributed by atoms with van der Waals surface area (Å²) >= 11 is 0. The van der Waals surface area contributed by atoms with E-state index in [0.29, 0.717) is 33.8 Å². The van der Waals surface area contributed by atoms with Crippen LogP contribution >= 0.6 is 0 Å². The molecule has 0 aliphatic heterocycles. The normalized spacial score (nSPS) is 11.3. The molecule has 1 unspecified atom stereocenters. The predicted molar refractivity (Wildman–Crippen MR) is 120 cm³/mol. The number of ketones is 2. The molecule has 0 bridgehead atoms. The lowest BCUT2D eigenvalue weighted by Crippen LogP contribution is -2.18. The fraction of sp³-hybridized carbons (Fsp3) is 0.192. The van der Waals surface area contributed by atoms with E-state index >= 15 is 0 Å². The molecule has 32 heavy (non-hydrogen) atoms. The van der Waals surface area contributed by atoms with Gasteiger partial charge in [0.1, 0.15) is 11.5 Å². The van der Waals surface area contributed by atoms with Crippen molar-refractivity contribution in [1.82, 2.24) is 0 Å². The Bertz CT molecular complexity index is 1120. The molecule has 0 fully saturated rings. The number of carbonyl (C=O) groups is 3. The van der Waals surface area contributed by atoms with Crippen LogP contribution < -0.4 is 9.47 Å². The van der Waals surface area contributed by atoms with Gasteiger partial charge in [0.05, 0.1) is 43.9 Å². The minimum absolute atomic E-state index is 0.0746. The molecule has 1 atom stereocenters. The minimum atomic E-state index is -0.782. The number of esters is 1. The van der Waals surface area contributed by atoms with Crippen molar-refractivity contribution >= 4 is 17.5 Å². The Morgan fingerprint density at radius 2 is 1.25 bits per heavy atom. The van der Waals surface area contributed by atoms with E-state index in [1.54, 1.807) is 72.8 Å². The number of carbonyl (C=O) groups excluding carboxylic acids is 3. The Kier molecular flexibility index (Phi) is 7.39. The SMILES string of the molecule is COC(=O)c1ccc(C(CC(=O)c2ccccc2OC)C(=O)c2ccccc2OC)cc1. The Morgan fingerprint density at radius 1 is 0.719 bits per heavy atom. The number of hydrogen-bond donors (Lipinski definition) is 0. The fourth-order valence-electron chi connectivity index (χ4n) is 3.54. The van der Waals surface area contributed by atoms with Gasteiger partial charge < -0.3 is 14.2 Å². The first-order chi connectivity index (χ1) is 15.5. The van der Waals surface area contributed by atoms with Gasteiger partial charge in [0.25, 0.3) is 0 Å². The lowest BCUT2D eigenvalue weighted by atomic mass is 9.84. The first-order valence-electron chi connectivity index (χ1n) is 10.0. The second-order valence-corrected chi connectivity index (χ2v) is 7.06. The Balaban J connectivity index is 2.02. The molecule has 0 aliphatic carbocycles. The smallest absolute Gasteiger partial charge is 0.337 e. The highest BCUT2D eigenvalue weighted by Gasteiger charge is 2.28. The molecule has 6 heteroatoms. The van der Waals surface area contributed by atoms with Gasteiger partial charge in [-0.15, -0.1) is 0 Å². The quantitative estimate of drug-likeness (QED) is 0.359. The van der Waals surface area contributed by atoms with E-state index in [2.05, 4.69) is 0 Å². The molecule has 0 aliphatic rings. The van der Waals surface area contributed by atoms with Crippen molar-refractivity contribution in [3.8, 4) is 11.5 Å². The molecule has 6 nitrogen and oxygen atoms in total. The van der Waals surface area contributed by atoms with Crippen LogP contribution in [0.4, 0.5) is 0 Å². The van der Waals surface area contributed by atoms with Gasteiger partial charge in [-0.05, 0) is 42.0 Å². The molecule has 0 saturated carbocycles. The van der Waals surface area contributed by atoms with Crippen molar-refractivity contribution in [1.29, 1.82) is 0 Å². The van der Waals surface area contributed by atoms with Crippen LogP contribution in [0.25, 0.3) is 0 Å². The number of hydrogen-bond acceptors (Lipinski definition) is 6.